The van der Waals surface area contributed by atoms with Crippen molar-refractivity contribution in [2.75, 3.05) is 7.11 Å². The summed E-state index contributed by atoms with van der Waals surface area (Å²) in [6.07, 6.45) is 2.13. The minimum atomic E-state index is -0.390. The van der Waals surface area contributed by atoms with Gasteiger partial charge in [-0.25, -0.2) is 0 Å². The van der Waals surface area contributed by atoms with Gasteiger partial charge in [0, 0.05) is 24.0 Å². The van der Waals surface area contributed by atoms with Gasteiger partial charge in [0.1, 0.15) is 6.04 Å². The average molecular weight is 284 g/mol. The number of thiophene rings is 1. The Morgan fingerprint density at radius 1 is 1.68 bits per heavy atom. The van der Waals surface area contributed by atoms with Crippen molar-refractivity contribution in [3.8, 4) is 0 Å². The number of carbonyl (C=O) groups excluding carboxylic acids is 1. The van der Waals surface area contributed by atoms with Gasteiger partial charge in [0.25, 0.3) is 0 Å². The van der Waals surface area contributed by atoms with Crippen LogP contribution in [0.4, 0.5) is 5.00 Å². The molecule has 0 N–H and O–H groups in total. The van der Waals surface area contributed by atoms with E-state index in [4.69, 9.17) is 4.74 Å². The van der Waals surface area contributed by atoms with Gasteiger partial charge in [0.05, 0.1) is 12.0 Å². The second kappa shape index (κ2) is 5.66. The molecule has 1 aromatic rings. The van der Waals surface area contributed by atoms with Gasteiger partial charge in [-0.15, -0.1) is 0 Å². The summed E-state index contributed by atoms with van der Waals surface area (Å²) in [5.74, 6) is -0.267. The molecule has 0 amide bonds. The van der Waals surface area contributed by atoms with Gasteiger partial charge < -0.3 is 4.74 Å². The van der Waals surface area contributed by atoms with Crippen molar-refractivity contribution < 1.29 is 14.5 Å². The van der Waals surface area contributed by atoms with Crippen molar-refractivity contribution in [1.29, 1.82) is 0 Å². The normalized spacial score (nSPS) is 16.4. The average Bonchev–Trinajstić information content (AvgIpc) is 3.12. The highest BCUT2D eigenvalue weighted by atomic mass is 32.1. The molecule has 0 unspecified atom stereocenters. The second-order valence-electron chi connectivity index (χ2n) is 4.65. The maximum absolute atomic E-state index is 11.6. The Bertz CT molecular complexity index is 484. The van der Waals surface area contributed by atoms with Crippen LogP contribution < -0.4 is 0 Å². The Labute approximate surface area is 115 Å². The lowest BCUT2D eigenvalue weighted by molar-refractivity contribution is -0.380. The van der Waals surface area contributed by atoms with Gasteiger partial charge in [0.15, 0.2) is 0 Å². The van der Waals surface area contributed by atoms with Gasteiger partial charge in [-0.1, -0.05) is 11.3 Å². The van der Waals surface area contributed by atoms with Crippen LogP contribution in [-0.2, 0) is 16.1 Å². The zero-order valence-corrected chi connectivity index (χ0v) is 11.7. The topological polar surface area (TPSA) is 72.7 Å². The number of esters is 1. The molecule has 0 radical (unpaired) electrons. The number of hydrogen-bond donors (Lipinski definition) is 0. The number of nitro groups is 1. The molecule has 104 valence electrons. The molecule has 6 nitrogen and oxygen atoms in total. The van der Waals surface area contributed by atoms with Crippen LogP contribution in [0.15, 0.2) is 11.4 Å². The van der Waals surface area contributed by atoms with Crippen LogP contribution >= 0.6 is 11.3 Å². The van der Waals surface area contributed by atoms with Crippen molar-refractivity contribution in [2.24, 2.45) is 0 Å². The number of methoxy groups -OCH3 is 1. The lowest BCUT2D eigenvalue weighted by Crippen LogP contribution is -2.40. The third-order valence-corrected chi connectivity index (χ3v) is 4.17. The molecule has 0 aliphatic heterocycles. The molecule has 1 atom stereocenters. The van der Waals surface area contributed by atoms with E-state index in [2.05, 4.69) is 4.90 Å². The Hall–Kier alpha value is -1.47. The lowest BCUT2D eigenvalue weighted by Gasteiger charge is -2.26. The third kappa shape index (κ3) is 3.30. The van der Waals surface area contributed by atoms with Crippen LogP contribution in [0.3, 0.4) is 0 Å². The minimum absolute atomic E-state index is 0.136. The van der Waals surface area contributed by atoms with Gasteiger partial charge in [0.2, 0.25) is 0 Å². The summed E-state index contributed by atoms with van der Waals surface area (Å²) in [6.45, 7) is 2.36. The molecule has 1 aliphatic carbocycles. The number of rotatable bonds is 6. The van der Waals surface area contributed by atoms with Crippen molar-refractivity contribution in [1.82, 2.24) is 4.90 Å². The van der Waals surface area contributed by atoms with E-state index in [1.165, 1.54) is 7.11 Å². The van der Waals surface area contributed by atoms with Crippen molar-refractivity contribution in [2.45, 2.75) is 38.4 Å². The van der Waals surface area contributed by atoms with E-state index < -0.39 is 0 Å². The molecule has 2 rings (SSSR count). The smallest absolute Gasteiger partial charge is 0.324 e. The van der Waals surface area contributed by atoms with E-state index >= 15 is 0 Å². The third-order valence-electron chi connectivity index (χ3n) is 3.24. The van der Waals surface area contributed by atoms with Crippen LogP contribution in [0.2, 0.25) is 0 Å². The van der Waals surface area contributed by atoms with Crippen LogP contribution in [0, 0.1) is 10.1 Å². The molecule has 7 heteroatoms. The highest BCUT2D eigenvalue weighted by molar-refractivity contribution is 7.13. The lowest BCUT2D eigenvalue weighted by atomic mass is 10.2. The van der Waals surface area contributed by atoms with E-state index in [-0.39, 0.29) is 21.9 Å². The highest BCUT2D eigenvalue weighted by Crippen LogP contribution is 2.32. The van der Waals surface area contributed by atoms with Crippen molar-refractivity contribution >= 4 is 22.3 Å². The van der Waals surface area contributed by atoms with Crippen LogP contribution in [0.25, 0.3) is 0 Å². The summed E-state index contributed by atoms with van der Waals surface area (Å²) in [5.41, 5.74) is 0.874. The summed E-state index contributed by atoms with van der Waals surface area (Å²) in [6, 6.07) is 1.63. The largest absolute Gasteiger partial charge is 0.468 e. The summed E-state index contributed by atoms with van der Waals surface area (Å²) in [7, 11) is 1.37. The zero-order valence-electron chi connectivity index (χ0n) is 10.9. The summed E-state index contributed by atoms with van der Waals surface area (Å²) in [4.78, 5) is 23.9. The summed E-state index contributed by atoms with van der Waals surface area (Å²) < 4.78 is 4.77. The molecular weight excluding hydrogens is 268 g/mol. The molecular formula is C12H16N2O4S. The number of nitrogens with zero attached hydrogens (tertiary/aromatic N) is 2. The SMILES string of the molecule is COC(=O)[C@H](C)N(Cc1csc([N+](=O)[O-])c1)C1CC1. The number of ether oxygens (including phenoxy) is 1. The first-order valence-corrected chi connectivity index (χ1v) is 6.96. The number of carbonyl (C=O) groups is 1. The highest BCUT2D eigenvalue weighted by Gasteiger charge is 2.35. The fourth-order valence-corrected chi connectivity index (χ4v) is 2.77. The molecule has 1 fully saturated rings. The molecule has 19 heavy (non-hydrogen) atoms. The Morgan fingerprint density at radius 3 is 2.84 bits per heavy atom. The molecule has 0 bridgehead atoms. The predicted octanol–water partition coefficient (Wildman–Crippen LogP) is 2.18. The van der Waals surface area contributed by atoms with Gasteiger partial charge >= 0.3 is 11.0 Å². The summed E-state index contributed by atoms with van der Waals surface area (Å²) >= 11 is 1.12. The van der Waals surface area contributed by atoms with Crippen molar-refractivity contribution in [3.05, 3.63) is 27.1 Å². The molecule has 1 aliphatic rings. The van der Waals surface area contributed by atoms with Gasteiger partial charge in [-0.05, 0) is 25.3 Å². The maximum atomic E-state index is 11.6. The van der Waals surface area contributed by atoms with E-state index in [9.17, 15) is 14.9 Å². The second-order valence-corrected chi connectivity index (χ2v) is 5.54. The van der Waals surface area contributed by atoms with Gasteiger partial charge in [-0.2, -0.15) is 0 Å². The number of hydrogen-bond acceptors (Lipinski definition) is 6. The summed E-state index contributed by atoms with van der Waals surface area (Å²) in [5, 5.41) is 12.6. The fraction of sp³-hybridized carbons (Fsp3) is 0.583. The maximum Gasteiger partial charge on any atom is 0.324 e. The fourth-order valence-electron chi connectivity index (χ4n) is 2.05. The zero-order chi connectivity index (χ0) is 14.0. The Balaban J connectivity index is 2.07. The monoisotopic (exact) mass is 284 g/mol. The quantitative estimate of drug-likeness (QED) is 0.455. The van der Waals surface area contributed by atoms with Crippen LogP contribution in [0.1, 0.15) is 25.3 Å². The van der Waals surface area contributed by atoms with Crippen LogP contribution in [-0.4, -0.2) is 35.0 Å². The molecule has 1 saturated carbocycles. The molecule has 0 spiro atoms. The van der Waals surface area contributed by atoms with E-state index in [1.807, 2.05) is 6.92 Å². The molecule has 0 saturated heterocycles. The molecule has 0 aromatic carbocycles. The Kier molecular flexibility index (Phi) is 4.16. The molecule has 1 heterocycles. The first kappa shape index (κ1) is 14.0. The molecule has 1 aromatic heterocycles. The minimum Gasteiger partial charge on any atom is -0.468 e. The predicted molar refractivity (Wildman–Crippen MR) is 71.0 cm³/mol. The van der Waals surface area contributed by atoms with Gasteiger partial charge in [-0.3, -0.25) is 19.8 Å². The van der Waals surface area contributed by atoms with Crippen molar-refractivity contribution in [3.63, 3.8) is 0 Å². The first-order chi connectivity index (χ1) is 9.02. The first-order valence-electron chi connectivity index (χ1n) is 6.08. The van der Waals surface area contributed by atoms with E-state index in [1.54, 1.807) is 11.4 Å². The van der Waals surface area contributed by atoms with E-state index in [0.29, 0.717) is 12.6 Å². The van der Waals surface area contributed by atoms with E-state index in [0.717, 1.165) is 29.7 Å². The Morgan fingerprint density at radius 2 is 2.37 bits per heavy atom. The van der Waals surface area contributed by atoms with Crippen LogP contribution in [0.5, 0.6) is 0 Å². The standard InChI is InChI=1S/C12H16N2O4S/c1-8(12(15)18-2)13(10-3-4-10)6-9-5-11(14(16)17)19-7-9/h5,7-8,10H,3-4,6H2,1-2H3/t8-/m0/s1.